The molecule has 1 aromatic rings. The fourth-order valence-corrected chi connectivity index (χ4v) is 1.55. The van der Waals surface area contributed by atoms with Crippen molar-refractivity contribution in [2.75, 3.05) is 12.3 Å². The van der Waals surface area contributed by atoms with E-state index in [-0.39, 0.29) is 0 Å². The maximum Gasteiger partial charge on any atom is 0.126 e. The van der Waals surface area contributed by atoms with Crippen molar-refractivity contribution in [2.24, 2.45) is 0 Å². The molecule has 0 fully saturated rings. The van der Waals surface area contributed by atoms with Crippen LogP contribution in [0.1, 0.15) is 26.3 Å². The van der Waals surface area contributed by atoms with Crippen LogP contribution < -0.4 is 5.73 Å². The fraction of sp³-hybridized carbons (Fsp3) is 0.583. The second-order valence-electron chi connectivity index (χ2n) is 4.30. The molecule has 1 rings (SSSR count). The van der Waals surface area contributed by atoms with Gasteiger partial charge in [-0.15, -0.1) is 0 Å². The van der Waals surface area contributed by atoms with E-state index < -0.39 is 11.7 Å². The zero-order chi connectivity index (χ0) is 12.2. The quantitative estimate of drug-likeness (QED) is 0.793. The Morgan fingerprint density at radius 2 is 2.25 bits per heavy atom. The van der Waals surface area contributed by atoms with Crippen molar-refractivity contribution in [1.29, 1.82) is 0 Å². The van der Waals surface area contributed by atoms with Gasteiger partial charge in [-0.05, 0) is 32.4 Å². The standard InChI is InChI=1S/C12H20N2O2/c1-4-16-12(2,3)10(15)8-9-6-5-7-14-11(9)13/h5-7,10,15H,4,8H2,1-3H3,(H2,13,14). The molecule has 0 saturated carbocycles. The third-order valence-electron chi connectivity index (χ3n) is 2.66. The normalized spacial score (nSPS) is 13.8. The minimum absolute atomic E-state index is 0.451. The molecule has 3 N–H and O–H groups in total. The number of aromatic nitrogens is 1. The highest BCUT2D eigenvalue weighted by molar-refractivity contribution is 5.38. The molecule has 0 spiro atoms. The molecule has 0 aliphatic carbocycles. The van der Waals surface area contributed by atoms with E-state index in [2.05, 4.69) is 4.98 Å². The van der Waals surface area contributed by atoms with Crippen LogP contribution in [0.4, 0.5) is 5.82 Å². The molecule has 0 aromatic carbocycles. The Labute approximate surface area is 96.5 Å². The maximum absolute atomic E-state index is 10.1. The Morgan fingerprint density at radius 3 is 2.81 bits per heavy atom. The van der Waals surface area contributed by atoms with E-state index in [1.54, 1.807) is 6.20 Å². The SMILES string of the molecule is CCOC(C)(C)C(O)Cc1cccnc1N. The minimum Gasteiger partial charge on any atom is -0.390 e. The van der Waals surface area contributed by atoms with Crippen LogP contribution in [0.5, 0.6) is 0 Å². The second kappa shape index (κ2) is 5.27. The van der Waals surface area contributed by atoms with Crippen LogP contribution >= 0.6 is 0 Å². The average Bonchev–Trinajstić information content (AvgIpc) is 2.21. The van der Waals surface area contributed by atoms with Gasteiger partial charge in [0.05, 0.1) is 11.7 Å². The molecule has 0 bridgehead atoms. The first-order valence-corrected chi connectivity index (χ1v) is 5.48. The molecule has 1 heterocycles. The molecule has 16 heavy (non-hydrogen) atoms. The number of aliphatic hydroxyl groups is 1. The van der Waals surface area contributed by atoms with Crippen LogP contribution in [0, 0.1) is 0 Å². The maximum atomic E-state index is 10.1. The average molecular weight is 224 g/mol. The van der Waals surface area contributed by atoms with Crippen LogP contribution in [0.15, 0.2) is 18.3 Å². The van der Waals surface area contributed by atoms with Crippen molar-refractivity contribution in [2.45, 2.75) is 38.9 Å². The lowest BCUT2D eigenvalue weighted by Crippen LogP contribution is -2.40. The van der Waals surface area contributed by atoms with Crippen molar-refractivity contribution in [1.82, 2.24) is 4.98 Å². The molecule has 0 aliphatic heterocycles. The number of anilines is 1. The lowest BCUT2D eigenvalue weighted by Gasteiger charge is -2.30. The number of ether oxygens (including phenoxy) is 1. The summed E-state index contributed by atoms with van der Waals surface area (Å²) in [5, 5.41) is 10.1. The van der Waals surface area contributed by atoms with E-state index in [1.165, 1.54) is 0 Å². The molecule has 4 heteroatoms. The minimum atomic E-state index is -0.598. The van der Waals surface area contributed by atoms with E-state index in [0.29, 0.717) is 18.8 Å². The molecule has 90 valence electrons. The van der Waals surface area contributed by atoms with E-state index >= 15 is 0 Å². The molecule has 4 nitrogen and oxygen atoms in total. The van der Waals surface area contributed by atoms with Gasteiger partial charge >= 0.3 is 0 Å². The number of rotatable bonds is 5. The predicted molar refractivity (Wildman–Crippen MR) is 64.1 cm³/mol. The van der Waals surface area contributed by atoms with Gasteiger partial charge in [0, 0.05) is 19.2 Å². The number of hydrogen-bond acceptors (Lipinski definition) is 4. The Morgan fingerprint density at radius 1 is 1.56 bits per heavy atom. The molecule has 1 unspecified atom stereocenters. The summed E-state index contributed by atoms with van der Waals surface area (Å²) in [5.74, 6) is 0.467. The molecule has 0 saturated heterocycles. The number of nitrogen functional groups attached to an aromatic ring is 1. The van der Waals surface area contributed by atoms with Crippen LogP contribution in [0.25, 0.3) is 0 Å². The Balaban J connectivity index is 2.71. The van der Waals surface area contributed by atoms with Crippen molar-refractivity contribution >= 4 is 5.82 Å². The number of hydrogen-bond donors (Lipinski definition) is 2. The molecular weight excluding hydrogens is 204 g/mol. The van der Waals surface area contributed by atoms with Gasteiger partial charge < -0.3 is 15.6 Å². The van der Waals surface area contributed by atoms with E-state index in [1.807, 2.05) is 32.9 Å². The summed E-state index contributed by atoms with van der Waals surface area (Å²) in [5.41, 5.74) is 6.00. The Hall–Kier alpha value is -1.13. The lowest BCUT2D eigenvalue weighted by atomic mass is 9.95. The topological polar surface area (TPSA) is 68.4 Å². The molecule has 1 atom stereocenters. The number of nitrogens with zero attached hydrogens (tertiary/aromatic N) is 1. The van der Waals surface area contributed by atoms with Gasteiger partial charge in [0.2, 0.25) is 0 Å². The third kappa shape index (κ3) is 3.18. The molecule has 0 aliphatic rings. The van der Waals surface area contributed by atoms with E-state index in [0.717, 1.165) is 5.56 Å². The summed E-state index contributed by atoms with van der Waals surface area (Å²) in [7, 11) is 0. The van der Waals surface area contributed by atoms with Gasteiger partial charge in [-0.3, -0.25) is 0 Å². The van der Waals surface area contributed by atoms with Gasteiger partial charge in [0.25, 0.3) is 0 Å². The largest absolute Gasteiger partial charge is 0.390 e. The van der Waals surface area contributed by atoms with Gasteiger partial charge in [0.15, 0.2) is 0 Å². The highest BCUT2D eigenvalue weighted by Gasteiger charge is 2.28. The predicted octanol–water partition coefficient (Wildman–Crippen LogP) is 1.38. The second-order valence-corrected chi connectivity index (χ2v) is 4.30. The van der Waals surface area contributed by atoms with Crippen molar-refractivity contribution in [3.63, 3.8) is 0 Å². The van der Waals surface area contributed by atoms with Crippen LogP contribution in [-0.4, -0.2) is 28.4 Å². The summed E-state index contributed by atoms with van der Waals surface area (Å²) < 4.78 is 5.49. The molecule has 0 amide bonds. The first kappa shape index (κ1) is 12.9. The lowest BCUT2D eigenvalue weighted by molar-refractivity contribution is -0.0954. The summed E-state index contributed by atoms with van der Waals surface area (Å²) >= 11 is 0. The van der Waals surface area contributed by atoms with Crippen molar-refractivity contribution in [3.8, 4) is 0 Å². The van der Waals surface area contributed by atoms with Crippen LogP contribution in [0.2, 0.25) is 0 Å². The van der Waals surface area contributed by atoms with E-state index in [4.69, 9.17) is 10.5 Å². The summed E-state index contributed by atoms with van der Waals surface area (Å²) in [6.07, 6.45) is 1.49. The number of aliphatic hydroxyl groups excluding tert-OH is 1. The summed E-state index contributed by atoms with van der Waals surface area (Å²) in [6, 6.07) is 3.68. The molecule has 0 radical (unpaired) electrons. The van der Waals surface area contributed by atoms with Crippen LogP contribution in [0.3, 0.4) is 0 Å². The smallest absolute Gasteiger partial charge is 0.126 e. The van der Waals surface area contributed by atoms with Crippen LogP contribution in [-0.2, 0) is 11.2 Å². The Kier molecular flexibility index (Phi) is 4.26. The van der Waals surface area contributed by atoms with Crippen molar-refractivity contribution in [3.05, 3.63) is 23.9 Å². The Bertz CT molecular complexity index is 340. The molecular formula is C12H20N2O2. The van der Waals surface area contributed by atoms with E-state index in [9.17, 15) is 5.11 Å². The van der Waals surface area contributed by atoms with Gasteiger partial charge in [-0.2, -0.15) is 0 Å². The van der Waals surface area contributed by atoms with Gasteiger partial charge in [-0.1, -0.05) is 6.07 Å². The zero-order valence-corrected chi connectivity index (χ0v) is 10.1. The monoisotopic (exact) mass is 224 g/mol. The highest BCUT2D eigenvalue weighted by Crippen LogP contribution is 2.20. The van der Waals surface area contributed by atoms with Gasteiger partial charge in [-0.25, -0.2) is 4.98 Å². The molecule has 1 aromatic heterocycles. The summed E-state index contributed by atoms with van der Waals surface area (Å²) in [4.78, 5) is 3.99. The highest BCUT2D eigenvalue weighted by atomic mass is 16.5. The number of pyridine rings is 1. The van der Waals surface area contributed by atoms with Crippen molar-refractivity contribution < 1.29 is 9.84 Å². The summed E-state index contributed by atoms with van der Waals surface area (Å²) in [6.45, 7) is 6.22. The fourth-order valence-electron chi connectivity index (χ4n) is 1.55. The zero-order valence-electron chi connectivity index (χ0n) is 10.1. The first-order valence-electron chi connectivity index (χ1n) is 5.48. The van der Waals surface area contributed by atoms with Gasteiger partial charge in [0.1, 0.15) is 5.82 Å². The first-order chi connectivity index (χ1) is 7.47. The number of nitrogens with two attached hydrogens (primary N) is 1. The third-order valence-corrected chi connectivity index (χ3v) is 2.66.